The zero-order valence-electron chi connectivity index (χ0n) is 6.92. The van der Waals surface area contributed by atoms with E-state index < -0.39 is 0 Å². The Labute approximate surface area is 90.5 Å². The second-order valence-electron chi connectivity index (χ2n) is 3.01. The minimum Gasteiger partial charge on any atom is -0.401 e. The van der Waals surface area contributed by atoms with Gasteiger partial charge in [0, 0.05) is 11.3 Å². The van der Waals surface area contributed by atoms with Crippen LogP contribution in [0.15, 0.2) is 36.0 Å². The molecule has 0 aliphatic heterocycles. The van der Waals surface area contributed by atoms with Gasteiger partial charge in [0.25, 0.3) is 0 Å². The van der Waals surface area contributed by atoms with Gasteiger partial charge in [0.05, 0.1) is 9.64 Å². The molecule has 2 rings (SSSR count). The van der Waals surface area contributed by atoms with Crippen molar-refractivity contribution in [1.29, 1.82) is 5.41 Å². The van der Waals surface area contributed by atoms with Gasteiger partial charge in [-0.15, -0.1) is 0 Å². The van der Waals surface area contributed by atoms with Gasteiger partial charge in [-0.1, -0.05) is 46.9 Å². The lowest BCUT2D eigenvalue weighted by Gasteiger charge is -2.20. The summed E-state index contributed by atoms with van der Waals surface area (Å²) >= 11 is 2.29. The predicted octanol–water partition coefficient (Wildman–Crippen LogP) is 2.39. The third kappa shape index (κ3) is 1.37. The van der Waals surface area contributed by atoms with Crippen LogP contribution in [-0.4, -0.2) is 5.71 Å². The first-order valence-corrected chi connectivity index (χ1v) is 5.23. The molecule has 0 bridgehead atoms. The smallest absolute Gasteiger partial charge is 0.0760 e. The minimum atomic E-state index is 0.211. The molecule has 0 amide bonds. The van der Waals surface area contributed by atoms with E-state index in [9.17, 15) is 0 Å². The molecule has 3 N–H and O–H groups in total. The maximum Gasteiger partial charge on any atom is 0.0760 e. The van der Waals surface area contributed by atoms with Crippen LogP contribution < -0.4 is 5.73 Å². The van der Waals surface area contributed by atoms with E-state index in [2.05, 4.69) is 22.6 Å². The molecule has 0 spiro atoms. The summed E-state index contributed by atoms with van der Waals surface area (Å²) in [5.41, 5.74) is 9.22. The van der Waals surface area contributed by atoms with Gasteiger partial charge in [-0.25, -0.2) is 0 Å². The fraction of sp³-hybridized carbons (Fsp3) is 0.100. The van der Waals surface area contributed by atoms with E-state index in [1.807, 2.05) is 24.3 Å². The molecule has 13 heavy (non-hydrogen) atoms. The van der Waals surface area contributed by atoms with Crippen molar-refractivity contribution in [2.45, 2.75) is 3.92 Å². The molecular formula is C10H9IN2. The standard InChI is InChI=1S/C10H9IN2/c11-10-7-4-2-1-3-6(7)8(12)5-9(10)13/h1-5,10,12H,13H2. The minimum absolute atomic E-state index is 0.211. The Morgan fingerprint density at radius 2 is 2.00 bits per heavy atom. The lowest BCUT2D eigenvalue weighted by molar-refractivity contribution is 1.09. The summed E-state index contributed by atoms with van der Waals surface area (Å²) in [7, 11) is 0. The molecule has 1 unspecified atom stereocenters. The number of benzene rings is 1. The highest BCUT2D eigenvalue weighted by Gasteiger charge is 2.20. The normalized spacial score (nSPS) is 20.8. The fourth-order valence-electron chi connectivity index (χ4n) is 1.46. The van der Waals surface area contributed by atoms with Crippen LogP contribution in [0, 0.1) is 5.41 Å². The molecule has 1 atom stereocenters. The van der Waals surface area contributed by atoms with Crippen LogP contribution in [0.3, 0.4) is 0 Å². The topological polar surface area (TPSA) is 49.9 Å². The first-order valence-electron chi connectivity index (χ1n) is 3.99. The van der Waals surface area contributed by atoms with Gasteiger partial charge in [0.1, 0.15) is 0 Å². The largest absolute Gasteiger partial charge is 0.401 e. The second kappa shape index (κ2) is 3.14. The van der Waals surface area contributed by atoms with Gasteiger partial charge in [-0.05, 0) is 11.6 Å². The molecule has 0 fully saturated rings. The summed E-state index contributed by atoms with van der Waals surface area (Å²) < 4.78 is 0.211. The molecule has 0 saturated heterocycles. The Hall–Kier alpha value is -0.840. The molecule has 1 aromatic carbocycles. The Kier molecular flexibility index (Phi) is 2.11. The van der Waals surface area contributed by atoms with E-state index in [1.54, 1.807) is 6.08 Å². The monoisotopic (exact) mass is 284 g/mol. The highest BCUT2D eigenvalue weighted by molar-refractivity contribution is 14.1. The third-order valence-corrected chi connectivity index (χ3v) is 3.52. The van der Waals surface area contributed by atoms with Crippen LogP contribution in [0.4, 0.5) is 0 Å². The first-order chi connectivity index (χ1) is 6.20. The molecule has 0 heterocycles. The second-order valence-corrected chi connectivity index (χ2v) is 4.25. The maximum atomic E-state index is 7.73. The summed E-state index contributed by atoms with van der Waals surface area (Å²) in [5, 5.41) is 7.73. The van der Waals surface area contributed by atoms with Gasteiger partial charge in [0.2, 0.25) is 0 Å². The number of hydrogen-bond acceptors (Lipinski definition) is 2. The average molecular weight is 284 g/mol. The summed E-state index contributed by atoms with van der Waals surface area (Å²) in [6, 6.07) is 7.93. The molecule has 0 aromatic heterocycles. The Bertz CT molecular complexity index is 396. The van der Waals surface area contributed by atoms with Gasteiger partial charge < -0.3 is 11.1 Å². The highest BCUT2D eigenvalue weighted by atomic mass is 127. The Morgan fingerprint density at radius 3 is 2.77 bits per heavy atom. The number of nitrogens with one attached hydrogen (secondary N) is 1. The predicted molar refractivity (Wildman–Crippen MR) is 62.3 cm³/mol. The molecule has 1 aliphatic carbocycles. The average Bonchev–Trinajstić information content (AvgIpc) is 2.15. The van der Waals surface area contributed by atoms with Crippen LogP contribution in [0.2, 0.25) is 0 Å². The van der Waals surface area contributed by atoms with E-state index in [0.717, 1.165) is 16.8 Å². The lowest BCUT2D eigenvalue weighted by Crippen LogP contribution is -2.16. The van der Waals surface area contributed by atoms with Crippen LogP contribution >= 0.6 is 22.6 Å². The van der Waals surface area contributed by atoms with Crippen molar-refractivity contribution in [3.63, 3.8) is 0 Å². The van der Waals surface area contributed by atoms with E-state index in [0.29, 0.717) is 5.71 Å². The molecule has 0 saturated carbocycles. The van der Waals surface area contributed by atoms with Crippen molar-refractivity contribution in [3.8, 4) is 0 Å². The van der Waals surface area contributed by atoms with Crippen LogP contribution in [-0.2, 0) is 0 Å². The zero-order chi connectivity index (χ0) is 9.42. The number of halogens is 1. The van der Waals surface area contributed by atoms with E-state index in [1.165, 1.54) is 0 Å². The summed E-state index contributed by atoms with van der Waals surface area (Å²) in [5.74, 6) is 0. The van der Waals surface area contributed by atoms with Crippen LogP contribution in [0.1, 0.15) is 15.1 Å². The summed E-state index contributed by atoms with van der Waals surface area (Å²) in [4.78, 5) is 0. The first kappa shape index (κ1) is 8.74. The van der Waals surface area contributed by atoms with Crippen LogP contribution in [0.25, 0.3) is 0 Å². The number of rotatable bonds is 0. The van der Waals surface area contributed by atoms with E-state index in [-0.39, 0.29) is 3.92 Å². The van der Waals surface area contributed by atoms with E-state index >= 15 is 0 Å². The molecule has 1 aromatic rings. The Morgan fingerprint density at radius 1 is 1.31 bits per heavy atom. The van der Waals surface area contributed by atoms with Crippen molar-refractivity contribution in [2.75, 3.05) is 0 Å². The lowest BCUT2D eigenvalue weighted by atomic mass is 9.94. The molecular weight excluding hydrogens is 275 g/mol. The highest BCUT2D eigenvalue weighted by Crippen LogP contribution is 2.34. The number of hydrogen-bond donors (Lipinski definition) is 2. The van der Waals surface area contributed by atoms with Crippen LogP contribution in [0.5, 0.6) is 0 Å². The molecule has 2 nitrogen and oxygen atoms in total. The van der Waals surface area contributed by atoms with Gasteiger partial charge in [0.15, 0.2) is 0 Å². The maximum absolute atomic E-state index is 7.73. The van der Waals surface area contributed by atoms with Gasteiger partial charge in [-0.2, -0.15) is 0 Å². The van der Waals surface area contributed by atoms with Gasteiger partial charge in [-0.3, -0.25) is 0 Å². The Balaban J connectivity index is 2.62. The number of alkyl halides is 1. The molecule has 3 heteroatoms. The SMILES string of the molecule is N=C1C=C(N)C(I)c2ccccc21. The number of fused-ring (bicyclic) bond motifs is 1. The van der Waals surface area contributed by atoms with Crippen molar-refractivity contribution in [3.05, 3.63) is 47.2 Å². The number of allylic oxidation sites excluding steroid dienone is 2. The zero-order valence-corrected chi connectivity index (χ0v) is 9.08. The summed E-state index contributed by atoms with van der Waals surface area (Å²) in [6.45, 7) is 0. The molecule has 0 radical (unpaired) electrons. The van der Waals surface area contributed by atoms with Crippen molar-refractivity contribution in [1.82, 2.24) is 0 Å². The van der Waals surface area contributed by atoms with Gasteiger partial charge >= 0.3 is 0 Å². The molecule has 66 valence electrons. The van der Waals surface area contributed by atoms with Crippen molar-refractivity contribution in [2.24, 2.45) is 5.73 Å². The van der Waals surface area contributed by atoms with Crippen molar-refractivity contribution >= 4 is 28.3 Å². The third-order valence-electron chi connectivity index (χ3n) is 2.13. The van der Waals surface area contributed by atoms with Crippen molar-refractivity contribution < 1.29 is 0 Å². The quantitative estimate of drug-likeness (QED) is 0.557. The molecule has 1 aliphatic rings. The summed E-state index contributed by atoms with van der Waals surface area (Å²) in [6.07, 6.45) is 1.74. The fourth-order valence-corrected chi connectivity index (χ4v) is 2.18. The van der Waals surface area contributed by atoms with E-state index in [4.69, 9.17) is 11.1 Å². The number of nitrogens with two attached hydrogens (primary N) is 1.